The molecule has 16 heavy (non-hydrogen) atoms. The molecule has 2 aliphatic rings. The first-order valence-electron chi connectivity index (χ1n) is 5.97. The average molecular weight is 218 g/mol. The molecule has 0 aliphatic carbocycles. The summed E-state index contributed by atoms with van der Waals surface area (Å²) in [5.74, 6) is 0. The zero-order chi connectivity index (χ0) is 11.0. The van der Waals surface area contributed by atoms with Crippen molar-refractivity contribution in [2.24, 2.45) is 0 Å². The van der Waals surface area contributed by atoms with Crippen LogP contribution in [0.3, 0.4) is 0 Å². The van der Waals surface area contributed by atoms with Gasteiger partial charge < -0.3 is 9.64 Å². The van der Waals surface area contributed by atoms with Gasteiger partial charge in [0.2, 0.25) is 0 Å². The maximum atomic E-state index is 5.79. The first-order chi connectivity index (χ1) is 7.84. The second-order valence-electron chi connectivity index (χ2n) is 4.70. The molecular weight excluding hydrogens is 200 g/mol. The maximum absolute atomic E-state index is 5.79. The van der Waals surface area contributed by atoms with Gasteiger partial charge in [-0.3, -0.25) is 4.90 Å². The Labute approximate surface area is 96.6 Å². The van der Waals surface area contributed by atoms with Crippen LogP contribution in [0.25, 0.3) is 0 Å². The van der Waals surface area contributed by atoms with Gasteiger partial charge in [0.1, 0.15) is 12.3 Å². The fourth-order valence-corrected chi connectivity index (χ4v) is 2.34. The number of likely N-dealkylation sites (N-methyl/N-ethyl adjacent to an activating group) is 1. The largest absolute Gasteiger partial charge is 0.348 e. The van der Waals surface area contributed by atoms with Crippen molar-refractivity contribution >= 4 is 0 Å². The predicted octanol–water partition coefficient (Wildman–Crippen LogP) is 1.33. The highest BCUT2D eigenvalue weighted by Crippen LogP contribution is 2.40. The first-order valence-corrected chi connectivity index (χ1v) is 5.97. The van der Waals surface area contributed by atoms with E-state index in [-0.39, 0.29) is 0 Å². The molecule has 2 fully saturated rings. The van der Waals surface area contributed by atoms with E-state index in [1.165, 1.54) is 5.56 Å². The van der Waals surface area contributed by atoms with E-state index in [0.717, 1.165) is 26.2 Å². The van der Waals surface area contributed by atoms with E-state index >= 15 is 0 Å². The van der Waals surface area contributed by atoms with E-state index in [9.17, 15) is 0 Å². The van der Waals surface area contributed by atoms with E-state index in [2.05, 4.69) is 47.2 Å². The van der Waals surface area contributed by atoms with Gasteiger partial charge in [0.05, 0.1) is 0 Å². The summed E-state index contributed by atoms with van der Waals surface area (Å²) < 4.78 is 5.79. The van der Waals surface area contributed by atoms with Gasteiger partial charge in [0.25, 0.3) is 0 Å². The summed E-state index contributed by atoms with van der Waals surface area (Å²) in [4.78, 5) is 4.83. The summed E-state index contributed by atoms with van der Waals surface area (Å²) in [6.45, 7) is 4.57. The molecule has 0 aromatic heterocycles. The number of ether oxygens (including phenoxy) is 1. The Balaban J connectivity index is 1.60. The first kappa shape index (κ1) is 10.3. The lowest BCUT2D eigenvalue weighted by Crippen LogP contribution is -2.45. The zero-order valence-corrected chi connectivity index (χ0v) is 9.67. The van der Waals surface area contributed by atoms with Crippen molar-refractivity contribution in [1.82, 2.24) is 9.80 Å². The fraction of sp³-hybridized carbons (Fsp3) is 0.538. The Kier molecular flexibility index (Phi) is 2.67. The summed E-state index contributed by atoms with van der Waals surface area (Å²) in [5.41, 5.74) is 1.31. The highest BCUT2D eigenvalue weighted by Gasteiger charge is 2.44. The van der Waals surface area contributed by atoms with Crippen LogP contribution >= 0.6 is 0 Å². The molecule has 2 atom stereocenters. The van der Waals surface area contributed by atoms with Crippen LogP contribution < -0.4 is 0 Å². The van der Waals surface area contributed by atoms with Crippen molar-refractivity contribution in [3.63, 3.8) is 0 Å². The lowest BCUT2D eigenvalue weighted by atomic mass is 10.1. The van der Waals surface area contributed by atoms with Crippen molar-refractivity contribution in [3.05, 3.63) is 35.9 Å². The minimum Gasteiger partial charge on any atom is -0.348 e. The van der Waals surface area contributed by atoms with E-state index in [1.807, 2.05) is 0 Å². The Hall–Kier alpha value is -0.900. The topological polar surface area (TPSA) is 19.0 Å². The van der Waals surface area contributed by atoms with Crippen molar-refractivity contribution in [3.8, 4) is 0 Å². The quantitative estimate of drug-likeness (QED) is 0.698. The van der Waals surface area contributed by atoms with E-state index < -0.39 is 0 Å². The minimum atomic E-state index is 0.310. The van der Waals surface area contributed by atoms with Crippen LogP contribution in [0, 0.1) is 0 Å². The number of rotatable bonds is 2. The van der Waals surface area contributed by atoms with Crippen LogP contribution in [0.2, 0.25) is 0 Å². The normalized spacial score (nSPS) is 31.6. The van der Waals surface area contributed by atoms with Crippen LogP contribution in [-0.4, -0.2) is 49.3 Å². The highest BCUT2D eigenvalue weighted by atomic mass is 16.6. The molecule has 2 aliphatic heterocycles. The second kappa shape index (κ2) is 4.17. The molecule has 0 N–H and O–H groups in total. The molecule has 1 aromatic rings. The summed E-state index contributed by atoms with van der Waals surface area (Å²) in [7, 11) is 2.18. The second-order valence-corrected chi connectivity index (χ2v) is 4.70. The van der Waals surface area contributed by atoms with Crippen LogP contribution in [0.1, 0.15) is 11.7 Å². The zero-order valence-electron chi connectivity index (χ0n) is 9.67. The molecule has 3 nitrogen and oxygen atoms in total. The SMILES string of the molecule is CN1CCN([C@@H]2O[C@H]2c2ccccc2)CC1. The fourth-order valence-electron chi connectivity index (χ4n) is 2.34. The monoisotopic (exact) mass is 218 g/mol. The van der Waals surface area contributed by atoms with Gasteiger partial charge in [-0.15, -0.1) is 0 Å². The van der Waals surface area contributed by atoms with Gasteiger partial charge in [0, 0.05) is 26.2 Å². The number of piperazine rings is 1. The third kappa shape index (κ3) is 1.98. The molecule has 3 rings (SSSR count). The Morgan fingerprint density at radius 2 is 1.75 bits per heavy atom. The number of hydrogen-bond acceptors (Lipinski definition) is 3. The van der Waals surface area contributed by atoms with Crippen molar-refractivity contribution < 1.29 is 4.74 Å². The predicted molar refractivity (Wildman–Crippen MR) is 63.1 cm³/mol. The van der Waals surface area contributed by atoms with Crippen LogP contribution in [-0.2, 0) is 4.74 Å². The smallest absolute Gasteiger partial charge is 0.142 e. The van der Waals surface area contributed by atoms with E-state index in [0.29, 0.717) is 12.3 Å². The summed E-state index contributed by atoms with van der Waals surface area (Å²) in [6.07, 6.45) is 0.640. The molecule has 0 radical (unpaired) electrons. The molecule has 3 heteroatoms. The van der Waals surface area contributed by atoms with Gasteiger partial charge in [-0.05, 0) is 12.6 Å². The summed E-state index contributed by atoms with van der Waals surface area (Å²) in [6, 6.07) is 10.5. The average Bonchev–Trinajstić information content (AvgIpc) is 3.11. The molecule has 0 saturated carbocycles. The lowest BCUT2D eigenvalue weighted by molar-refractivity contribution is 0.105. The molecule has 0 bridgehead atoms. The number of benzene rings is 1. The van der Waals surface area contributed by atoms with Gasteiger partial charge in [-0.2, -0.15) is 0 Å². The Bertz CT molecular complexity index is 346. The number of epoxide rings is 1. The molecule has 86 valence electrons. The van der Waals surface area contributed by atoms with Gasteiger partial charge in [0.15, 0.2) is 0 Å². The summed E-state index contributed by atoms with van der Waals surface area (Å²) >= 11 is 0. The third-order valence-corrected chi connectivity index (χ3v) is 3.49. The molecule has 2 heterocycles. The van der Waals surface area contributed by atoms with Crippen LogP contribution in [0.4, 0.5) is 0 Å². The highest BCUT2D eigenvalue weighted by molar-refractivity contribution is 5.22. The number of nitrogens with zero attached hydrogens (tertiary/aromatic N) is 2. The third-order valence-electron chi connectivity index (χ3n) is 3.49. The molecule has 0 amide bonds. The molecular formula is C13H18N2O. The standard InChI is InChI=1S/C13H18N2O/c1-14-7-9-15(10-8-14)13-12(16-13)11-5-3-2-4-6-11/h2-6,12-13H,7-10H2,1H3/t12-,13+/m0/s1. The van der Waals surface area contributed by atoms with Crippen molar-refractivity contribution in [2.75, 3.05) is 33.2 Å². The van der Waals surface area contributed by atoms with E-state index in [4.69, 9.17) is 4.74 Å². The Morgan fingerprint density at radius 3 is 2.44 bits per heavy atom. The summed E-state index contributed by atoms with van der Waals surface area (Å²) in [5, 5.41) is 0. The minimum absolute atomic E-state index is 0.310. The van der Waals surface area contributed by atoms with Crippen molar-refractivity contribution in [1.29, 1.82) is 0 Å². The maximum Gasteiger partial charge on any atom is 0.142 e. The van der Waals surface area contributed by atoms with Crippen LogP contribution in [0.5, 0.6) is 0 Å². The van der Waals surface area contributed by atoms with Gasteiger partial charge in [-0.25, -0.2) is 0 Å². The van der Waals surface area contributed by atoms with Crippen LogP contribution in [0.15, 0.2) is 30.3 Å². The molecule has 1 aromatic carbocycles. The molecule has 0 spiro atoms. The van der Waals surface area contributed by atoms with Gasteiger partial charge in [-0.1, -0.05) is 30.3 Å². The van der Waals surface area contributed by atoms with Gasteiger partial charge >= 0.3 is 0 Å². The lowest BCUT2D eigenvalue weighted by Gasteiger charge is -2.31. The molecule has 2 saturated heterocycles. The van der Waals surface area contributed by atoms with Crippen molar-refractivity contribution in [2.45, 2.75) is 12.3 Å². The number of hydrogen-bond donors (Lipinski definition) is 0. The van der Waals surface area contributed by atoms with E-state index in [1.54, 1.807) is 0 Å². The molecule has 0 unspecified atom stereocenters. The Morgan fingerprint density at radius 1 is 1.06 bits per heavy atom.